The summed E-state index contributed by atoms with van der Waals surface area (Å²) in [5, 5.41) is 0. The first-order chi connectivity index (χ1) is 13.6. The molecule has 0 N–H and O–H groups in total. The van der Waals surface area contributed by atoms with Gasteiger partial charge in [-0.15, -0.1) is 0 Å². The van der Waals surface area contributed by atoms with Gasteiger partial charge in [0.05, 0.1) is 17.6 Å². The number of fused-ring (bicyclic) bond motifs is 1. The summed E-state index contributed by atoms with van der Waals surface area (Å²) in [7, 11) is 1.88. The molecule has 1 unspecified atom stereocenters. The highest BCUT2D eigenvalue weighted by molar-refractivity contribution is 5.83. The Labute approximate surface area is 167 Å². The second kappa shape index (κ2) is 9.02. The van der Waals surface area contributed by atoms with Crippen LogP contribution in [0.5, 0.6) is 0 Å². The van der Waals surface area contributed by atoms with Crippen molar-refractivity contribution in [2.75, 3.05) is 20.1 Å². The Hall–Kier alpha value is -2.66. The molecule has 0 aliphatic heterocycles. The van der Waals surface area contributed by atoms with Gasteiger partial charge >= 0.3 is 0 Å². The molecule has 0 saturated heterocycles. The number of carbonyl (C=O) groups excluding carboxylic acids is 1. The summed E-state index contributed by atoms with van der Waals surface area (Å²) in [4.78, 5) is 22.3. The van der Waals surface area contributed by atoms with Gasteiger partial charge in [0.15, 0.2) is 0 Å². The molecule has 0 radical (unpaired) electrons. The smallest absolute Gasteiger partial charge is 0.244 e. The maximum atomic E-state index is 13.5. The van der Waals surface area contributed by atoms with Gasteiger partial charge in [0.1, 0.15) is 11.9 Å². The van der Waals surface area contributed by atoms with Crippen molar-refractivity contribution in [2.24, 2.45) is 0 Å². The third-order valence-electron chi connectivity index (χ3n) is 5.33. The van der Waals surface area contributed by atoms with Crippen LogP contribution < -0.4 is 0 Å². The SMILES string of the molecule is CCN(CC)C(C(=O)N(C)Cc1nc2ccccc2n1CC)c1ccccc1. The number of imidazole rings is 1. The van der Waals surface area contributed by atoms with E-state index in [0.29, 0.717) is 6.54 Å². The molecule has 0 spiro atoms. The van der Waals surface area contributed by atoms with Crippen LogP contribution in [0.25, 0.3) is 11.0 Å². The number of aryl methyl sites for hydroxylation is 1. The molecule has 1 amide bonds. The molecule has 0 bridgehead atoms. The maximum absolute atomic E-state index is 13.5. The predicted octanol–water partition coefficient (Wildman–Crippen LogP) is 4.10. The van der Waals surface area contributed by atoms with Crippen molar-refractivity contribution in [1.82, 2.24) is 19.4 Å². The fourth-order valence-corrected chi connectivity index (χ4v) is 3.83. The van der Waals surface area contributed by atoms with E-state index in [9.17, 15) is 4.79 Å². The molecular weight excluding hydrogens is 348 g/mol. The summed E-state index contributed by atoms with van der Waals surface area (Å²) in [5.74, 6) is 1.02. The molecule has 0 saturated carbocycles. The van der Waals surface area contributed by atoms with Crippen molar-refractivity contribution in [3.05, 3.63) is 66.0 Å². The maximum Gasteiger partial charge on any atom is 0.244 e. The van der Waals surface area contributed by atoms with E-state index in [2.05, 4.69) is 36.3 Å². The first-order valence-corrected chi connectivity index (χ1v) is 10.1. The van der Waals surface area contributed by atoms with E-state index in [1.165, 1.54) is 0 Å². The lowest BCUT2D eigenvalue weighted by Crippen LogP contribution is -2.41. The number of hydrogen-bond donors (Lipinski definition) is 0. The molecule has 5 heteroatoms. The first kappa shape index (κ1) is 20.1. The topological polar surface area (TPSA) is 41.4 Å². The number of rotatable bonds is 8. The summed E-state index contributed by atoms with van der Waals surface area (Å²) >= 11 is 0. The number of benzene rings is 2. The fourth-order valence-electron chi connectivity index (χ4n) is 3.83. The minimum absolute atomic E-state index is 0.101. The van der Waals surface area contributed by atoms with Crippen molar-refractivity contribution in [2.45, 2.75) is 39.9 Å². The van der Waals surface area contributed by atoms with E-state index < -0.39 is 0 Å². The Morgan fingerprint density at radius 1 is 1.00 bits per heavy atom. The van der Waals surface area contributed by atoms with Crippen molar-refractivity contribution < 1.29 is 4.79 Å². The summed E-state index contributed by atoms with van der Waals surface area (Å²) in [6.45, 7) is 9.28. The van der Waals surface area contributed by atoms with Crippen LogP contribution in [0.3, 0.4) is 0 Å². The van der Waals surface area contributed by atoms with Crippen molar-refractivity contribution in [3.8, 4) is 0 Å². The quantitative estimate of drug-likeness (QED) is 0.593. The molecule has 2 aromatic carbocycles. The van der Waals surface area contributed by atoms with Gasteiger partial charge in [0, 0.05) is 13.6 Å². The molecular formula is C23H30N4O. The number of likely N-dealkylation sites (N-methyl/N-ethyl adjacent to an activating group) is 2. The average molecular weight is 379 g/mol. The van der Waals surface area contributed by atoms with Gasteiger partial charge in [-0.1, -0.05) is 56.3 Å². The number of para-hydroxylation sites is 2. The molecule has 3 rings (SSSR count). The molecule has 0 aliphatic rings. The molecule has 0 aliphatic carbocycles. The largest absolute Gasteiger partial charge is 0.337 e. The normalized spacial score (nSPS) is 12.5. The predicted molar refractivity (Wildman–Crippen MR) is 114 cm³/mol. The van der Waals surface area contributed by atoms with Gasteiger partial charge in [0.25, 0.3) is 0 Å². The monoisotopic (exact) mass is 378 g/mol. The highest BCUT2D eigenvalue weighted by Gasteiger charge is 2.29. The van der Waals surface area contributed by atoms with E-state index in [1.807, 2.05) is 60.5 Å². The van der Waals surface area contributed by atoms with Gasteiger partial charge < -0.3 is 9.47 Å². The minimum atomic E-state index is -0.277. The van der Waals surface area contributed by atoms with E-state index in [-0.39, 0.29) is 11.9 Å². The standard InChI is InChI=1S/C23H30N4O/c1-5-26(6-2)22(18-13-9-8-10-14-18)23(28)25(4)17-21-24-19-15-11-12-16-20(19)27(21)7-3/h8-16,22H,5-7,17H2,1-4H3. The molecule has 1 aromatic heterocycles. The summed E-state index contributed by atoms with van der Waals surface area (Å²) < 4.78 is 2.19. The van der Waals surface area contributed by atoms with Crippen LogP contribution in [-0.4, -0.2) is 45.4 Å². The number of carbonyl (C=O) groups is 1. The second-order valence-electron chi connectivity index (χ2n) is 6.99. The number of amides is 1. The molecule has 28 heavy (non-hydrogen) atoms. The molecule has 5 nitrogen and oxygen atoms in total. The molecule has 1 heterocycles. The molecule has 3 aromatic rings. The van der Waals surface area contributed by atoms with E-state index in [0.717, 1.165) is 42.1 Å². The van der Waals surface area contributed by atoms with E-state index in [4.69, 9.17) is 4.98 Å². The molecule has 148 valence electrons. The van der Waals surface area contributed by atoms with Gasteiger partial charge in [-0.05, 0) is 37.7 Å². The Morgan fingerprint density at radius 3 is 2.29 bits per heavy atom. The molecule has 0 fully saturated rings. The zero-order chi connectivity index (χ0) is 20.1. The van der Waals surface area contributed by atoms with Crippen LogP contribution in [0.1, 0.15) is 38.2 Å². The lowest BCUT2D eigenvalue weighted by Gasteiger charge is -2.32. The van der Waals surface area contributed by atoms with Crippen molar-refractivity contribution >= 4 is 16.9 Å². The van der Waals surface area contributed by atoms with E-state index >= 15 is 0 Å². The highest BCUT2D eigenvalue weighted by atomic mass is 16.2. The van der Waals surface area contributed by atoms with Gasteiger partial charge in [-0.3, -0.25) is 9.69 Å². The number of nitrogens with zero attached hydrogens (tertiary/aromatic N) is 4. The average Bonchev–Trinajstić information content (AvgIpc) is 3.08. The zero-order valence-corrected chi connectivity index (χ0v) is 17.3. The van der Waals surface area contributed by atoms with Gasteiger partial charge in [0.2, 0.25) is 5.91 Å². The summed E-state index contributed by atoms with van der Waals surface area (Å²) in [6, 6.07) is 17.9. The Kier molecular flexibility index (Phi) is 6.47. The van der Waals surface area contributed by atoms with Crippen LogP contribution in [-0.2, 0) is 17.9 Å². The zero-order valence-electron chi connectivity index (χ0n) is 17.3. The first-order valence-electron chi connectivity index (χ1n) is 10.1. The minimum Gasteiger partial charge on any atom is -0.337 e. The van der Waals surface area contributed by atoms with E-state index in [1.54, 1.807) is 0 Å². The lowest BCUT2D eigenvalue weighted by atomic mass is 10.0. The summed E-state index contributed by atoms with van der Waals surface area (Å²) in [5.41, 5.74) is 3.12. The third-order valence-corrected chi connectivity index (χ3v) is 5.33. The third kappa shape index (κ3) is 3.94. The van der Waals surface area contributed by atoms with Crippen LogP contribution in [0, 0.1) is 0 Å². The second-order valence-corrected chi connectivity index (χ2v) is 6.99. The van der Waals surface area contributed by atoms with Crippen LogP contribution in [0.15, 0.2) is 54.6 Å². The van der Waals surface area contributed by atoms with Crippen LogP contribution >= 0.6 is 0 Å². The number of aromatic nitrogens is 2. The van der Waals surface area contributed by atoms with Crippen molar-refractivity contribution in [1.29, 1.82) is 0 Å². The molecule has 1 atom stereocenters. The Balaban J connectivity index is 1.90. The Morgan fingerprint density at radius 2 is 1.64 bits per heavy atom. The lowest BCUT2D eigenvalue weighted by molar-refractivity contribution is -0.136. The highest BCUT2D eigenvalue weighted by Crippen LogP contribution is 2.24. The van der Waals surface area contributed by atoms with Gasteiger partial charge in [-0.2, -0.15) is 0 Å². The van der Waals surface area contributed by atoms with Gasteiger partial charge in [-0.25, -0.2) is 4.98 Å². The summed E-state index contributed by atoms with van der Waals surface area (Å²) in [6.07, 6.45) is 0. The van der Waals surface area contributed by atoms with Crippen LogP contribution in [0.4, 0.5) is 0 Å². The number of hydrogen-bond acceptors (Lipinski definition) is 3. The fraction of sp³-hybridized carbons (Fsp3) is 0.391. The van der Waals surface area contributed by atoms with Crippen LogP contribution in [0.2, 0.25) is 0 Å². The van der Waals surface area contributed by atoms with Crippen molar-refractivity contribution in [3.63, 3.8) is 0 Å². The Bertz CT molecular complexity index is 915.